The van der Waals surface area contributed by atoms with E-state index in [9.17, 15) is 14.7 Å². The number of para-hydroxylation sites is 1. The van der Waals surface area contributed by atoms with E-state index >= 15 is 0 Å². The number of nitrogens with zero attached hydrogens (tertiary/aromatic N) is 1. The van der Waals surface area contributed by atoms with Gasteiger partial charge in [-0.3, -0.25) is 9.59 Å². The molecular formula is C15H20N2O3. The highest BCUT2D eigenvalue weighted by molar-refractivity contribution is 5.96. The van der Waals surface area contributed by atoms with Crippen molar-refractivity contribution >= 4 is 17.6 Å². The summed E-state index contributed by atoms with van der Waals surface area (Å²) in [5.74, 6) is -1.29. The zero-order valence-electron chi connectivity index (χ0n) is 11.4. The van der Waals surface area contributed by atoms with Gasteiger partial charge >= 0.3 is 5.97 Å². The molecule has 0 saturated carbocycles. The van der Waals surface area contributed by atoms with Crippen LogP contribution in [-0.2, 0) is 9.59 Å². The van der Waals surface area contributed by atoms with Gasteiger partial charge in [0, 0.05) is 18.7 Å². The molecule has 1 aromatic carbocycles. The number of aliphatic carboxylic acids is 1. The summed E-state index contributed by atoms with van der Waals surface area (Å²) in [6.07, 6.45) is 2.54. The van der Waals surface area contributed by atoms with Gasteiger partial charge in [0.2, 0.25) is 5.91 Å². The number of nitrogens with two attached hydrogens (primary N) is 1. The van der Waals surface area contributed by atoms with Crippen LogP contribution in [0.25, 0.3) is 0 Å². The van der Waals surface area contributed by atoms with Gasteiger partial charge < -0.3 is 15.7 Å². The van der Waals surface area contributed by atoms with Gasteiger partial charge in [-0.25, -0.2) is 0 Å². The number of carboxylic acid groups (broad SMARTS) is 1. The van der Waals surface area contributed by atoms with Crippen molar-refractivity contribution in [3.05, 3.63) is 29.8 Å². The minimum Gasteiger partial charge on any atom is -0.481 e. The number of carbonyl (C=O) groups is 2. The molecule has 3 N–H and O–H groups in total. The molecule has 2 rings (SSSR count). The van der Waals surface area contributed by atoms with Crippen LogP contribution >= 0.6 is 0 Å². The van der Waals surface area contributed by atoms with Crippen molar-refractivity contribution in [2.75, 3.05) is 18.0 Å². The quantitative estimate of drug-likeness (QED) is 0.802. The van der Waals surface area contributed by atoms with Crippen LogP contribution in [0.3, 0.4) is 0 Å². The summed E-state index contributed by atoms with van der Waals surface area (Å²) in [5.41, 5.74) is 6.91. The fourth-order valence-electron chi connectivity index (χ4n) is 2.63. The Labute approximate surface area is 118 Å². The molecule has 0 radical (unpaired) electrons. The predicted molar refractivity (Wildman–Crippen MR) is 76.7 cm³/mol. The molecule has 1 aliphatic heterocycles. The van der Waals surface area contributed by atoms with E-state index in [-0.39, 0.29) is 5.91 Å². The molecule has 20 heavy (non-hydrogen) atoms. The first-order valence-corrected chi connectivity index (χ1v) is 6.97. The second kappa shape index (κ2) is 6.52. The minimum atomic E-state index is -0.826. The van der Waals surface area contributed by atoms with Gasteiger partial charge in [-0.1, -0.05) is 18.2 Å². The van der Waals surface area contributed by atoms with Gasteiger partial charge in [-0.05, 0) is 37.4 Å². The van der Waals surface area contributed by atoms with Crippen molar-refractivity contribution in [1.82, 2.24) is 0 Å². The van der Waals surface area contributed by atoms with E-state index in [1.807, 2.05) is 18.2 Å². The molecule has 0 aliphatic carbocycles. The van der Waals surface area contributed by atoms with Crippen molar-refractivity contribution in [3.8, 4) is 0 Å². The third-order valence-corrected chi connectivity index (χ3v) is 3.69. The Morgan fingerprint density at radius 3 is 2.75 bits per heavy atom. The predicted octanol–water partition coefficient (Wildman–Crippen LogP) is 1.72. The van der Waals surface area contributed by atoms with Gasteiger partial charge in [-0.2, -0.15) is 0 Å². The first-order chi connectivity index (χ1) is 9.65. The molecule has 1 amide bonds. The maximum atomic E-state index is 12.2. The number of benzene rings is 1. The summed E-state index contributed by atoms with van der Waals surface area (Å²) >= 11 is 0. The number of anilines is 1. The molecule has 5 heteroatoms. The van der Waals surface area contributed by atoms with Gasteiger partial charge in [0.1, 0.15) is 0 Å². The lowest BCUT2D eigenvalue weighted by Gasteiger charge is -2.32. The molecule has 5 nitrogen and oxygen atoms in total. The van der Waals surface area contributed by atoms with Crippen molar-refractivity contribution in [3.63, 3.8) is 0 Å². The summed E-state index contributed by atoms with van der Waals surface area (Å²) in [6.45, 7) is 1.06. The van der Waals surface area contributed by atoms with Crippen LogP contribution in [0, 0.1) is 0 Å². The summed E-state index contributed by atoms with van der Waals surface area (Å²) in [6, 6.07) is 7.28. The van der Waals surface area contributed by atoms with Crippen LogP contribution < -0.4 is 10.6 Å². The third-order valence-electron chi connectivity index (χ3n) is 3.69. The average molecular weight is 276 g/mol. The average Bonchev–Trinajstić information content (AvgIpc) is 2.46. The fraction of sp³-hybridized carbons (Fsp3) is 0.467. The Bertz CT molecular complexity index is 502. The molecular weight excluding hydrogens is 256 g/mol. The normalized spacial score (nSPS) is 17.6. The SMILES string of the molecule is NCCCCC(=O)N1CCC(C(=O)O)c2ccccc21. The Morgan fingerprint density at radius 2 is 2.05 bits per heavy atom. The van der Waals surface area contributed by atoms with Crippen LogP contribution in [0.5, 0.6) is 0 Å². The number of hydrogen-bond donors (Lipinski definition) is 2. The van der Waals surface area contributed by atoms with Crippen LogP contribution in [0.4, 0.5) is 5.69 Å². The van der Waals surface area contributed by atoms with Gasteiger partial charge in [0.05, 0.1) is 5.92 Å². The summed E-state index contributed by atoms with van der Waals surface area (Å²) in [5, 5.41) is 9.27. The molecule has 0 spiro atoms. The molecule has 1 heterocycles. The lowest BCUT2D eigenvalue weighted by molar-refractivity contribution is -0.139. The monoisotopic (exact) mass is 276 g/mol. The lowest BCUT2D eigenvalue weighted by Crippen LogP contribution is -2.38. The van der Waals surface area contributed by atoms with Crippen molar-refractivity contribution in [2.45, 2.75) is 31.6 Å². The minimum absolute atomic E-state index is 0.0507. The summed E-state index contributed by atoms with van der Waals surface area (Å²) in [4.78, 5) is 25.3. The Kier molecular flexibility index (Phi) is 4.74. The second-order valence-corrected chi connectivity index (χ2v) is 5.03. The van der Waals surface area contributed by atoms with E-state index in [1.54, 1.807) is 11.0 Å². The zero-order valence-corrected chi connectivity index (χ0v) is 11.4. The highest BCUT2D eigenvalue weighted by Crippen LogP contribution is 2.35. The standard InChI is InChI=1S/C15H20N2O3/c16-9-4-3-7-14(18)17-10-8-12(15(19)20)11-5-1-2-6-13(11)17/h1-2,5-6,12H,3-4,7-10,16H2,(H,19,20). The number of unbranched alkanes of at least 4 members (excludes halogenated alkanes) is 1. The molecule has 108 valence electrons. The topological polar surface area (TPSA) is 83.6 Å². The highest BCUT2D eigenvalue weighted by Gasteiger charge is 2.31. The first kappa shape index (κ1) is 14.5. The van der Waals surface area contributed by atoms with Gasteiger partial charge in [-0.15, -0.1) is 0 Å². The number of carboxylic acids is 1. The molecule has 1 aromatic rings. The molecule has 1 unspecified atom stereocenters. The van der Waals surface area contributed by atoms with E-state index in [1.165, 1.54) is 0 Å². The largest absolute Gasteiger partial charge is 0.481 e. The van der Waals surface area contributed by atoms with E-state index < -0.39 is 11.9 Å². The zero-order chi connectivity index (χ0) is 14.5. The lowest BCUT2D eigenvalue weighted by atomic mass is 9.90. The highest BCUT2D eigenvalue weighted by atomic mass is 16.4. The number of fused-ring (bicyclic) bond motifs is 1. The number of hydrogen-bond acceptors (Lipinski definition) is 3. The number of carbonyl (C=O) groups excluding carboxylic acids is 1. The van der Waals surface area contributed by atoms with Crippen LogP contribution in [0.1, 0.15) is 37.2 Å². The van der Waals surface area contributed by atoms with E-state index in [0.29, 0.717) is 25.9 Å². The van der Waals surface area contributed by atoms with E-state index in [0.717, 1.165) is 24.1 Å². The van der Waals surface area contributed by atoms with Crippen molar-refractivity contribution in [2.24, 2.45) is 5.73 Å². The molecule has 0 aromatic heterocycles. The number of rotatable bonds is 5. The Morgan fingerprint density at radius 1 is 1.30 bits per heavy atom. The maximum absolute atomic E-state index is 12.2. The Balaban J connectivity index is 2.18. The molecule has 0 fully saturated rings. The smallest absolute Gasteiger partial charge is 0.311 e. The fourth-order valence-corrected chi connectivity index (χ4v) is 2.63. The molecule has 0 saturated heterocycles. The molecule has 1 aliphatic rings. The van der Waals surface area contributed by atoms with Gasteiger partial charge in [0.25, 0.3) is 0 Å². The van der Waals surface area contributed by atoms with Crippen LogP contribution in [0.15, 0.2) is 24.3 Å². The molecule has 1 atom stereocenters. The van der Waals surface area contributed by atoms with Gasteiger partial charge in [0.15, 0.2) is 0 Å². The van der Waals surface area contributed by atoms with Crippen molar-refractivity contribution < 1.29 is 14.7 Å². The first-order valence-electron chi connectivity index (χ1n) is 6.97. The summed E-state index contributed by atoms with van der Waals surface area (Å²) < 4.78 is 0. The second-order valence-electron chi connectivity index (χ2n) is 5.03. The van der Waals surface area contributed by atoms with Crippen LogP contribution in [-0.4, -0.2) is 30.1 Å². The Hall–Kier alpha value is -1.88. The van der Waals surface area contributed by atoms with Crippen molar-refractivity contribution in [1.29, 1.82) is 0 Å². The van der Waals surface area contributed by atoms with Crippen LogP contribution in [0.2, 0.25) is 0 Å². The number of amides is 1. The van der Waals surface area contributed by atoms with E-state index in [2.05, 4.69) is 0 Å². The third kappa shape index (κ3) is 2.99. The maximum Gasteiger partial charge on any atom is 0.311 e. The summed E-state index contributed by atoms with van der Waals surface area (Å²) in [7, 11) is 0. The van der Waals surface area contributed by atoms with E-state index in [4.69, 9.17) is 5.73 Å². The molecule has 0 bridgehead atoms.